The molecule has 4 aromatic carbocycles. The molecule has 9 atom stereocenters. The molecule has 15 rings (SSSR count). The van der Waals surface area contributed by atoms with Crippen molar-refractivity contribution in [3.8, 4) is 23.0 Å². The van der Waals surface area contributed by atoms with Crippen LogP contribution in [0, 0.1) is 11.8 Å². The third-order valence-corrected chi connectivity index (χ3v) is 28.3. The normalized spacial score (nSPS) is 23.0. The number of hydrogen-bond acceptors (Lipinski definition) is 29. The van der Waals surface area contributed by atoms with Crippen LogP contribution in [0.15, 0.2) is 72.8 Å². The van der Waals surface area contributed by atoms with Crippen LogP contribution < -0.4 is 55.3 Å². The number of ether oxygens (including phenoxy) is 9. The molecule has 0 aliphatic carbocycles. The maximum atomic E-state index is 15.2. The van der Waals surface area contributed by atoms with Crippen LogP contribution in [0.3, 0.4) is 0 Å². The molecular weight excluding hydrogens is 1840 g/mol. The van der Waals surface area contributed by atoms with Crippen LogP contribution in [0.5, 0.6) is 23.0 Å². The number of unbranched alkanes of at least 4 members (excludes halogenated alkanes) is 5. The number of nitrogens with one attached hydrogen (secondary N) is 5. The number of Topliss-reactive ketones (excluding diaryl/α,β-unsaturated/α-hetero) is 3. The van der Waals surface area contributed by atoms with Crippen molar-refractivity contribution < 1.29 is 129 Å². The predicted octanol–water partition coefficient (Wildman–Crippen LogP) is 7.84. The number of thioether (sulfide) groups is 2. The number of ketones is 3. The number of amides is 15. The minimum atomic E-state index is -1.35. The number of rotatable bonds is 25. The van der Waals surface area contributed by atoms with Gasteiger partial charge in [-0.25, -0.2) is 19.6 Å². The van der Waals surface area contributed by atoms with E-state index < -0.39 is 168 Å². The second-order valence-corrected chi connectivity index (χ2v) is 38.5. The molecule has 0 saturated carbocycles. The number of fused-ring (bicyclic) bond motifs is 6. The molecular formula is C97H125N13O27S2. The van der Waals surface area contributed by atoms with Crippen molar-refractivity contribution in [3.05, 3.63) is 95.1 Å². The molecule has 139 heavy (non-hydrogen) atoms. The average Bonchev–Trinajstić information content (AvgIpc) is 1.61. The fourth-order valence-corrected chi connectivity index (χ4v) is 20.6. The molecule has 40 nitrogen and oxygen atoms in total. The minimum Gasteiger partial charge on any atom is -0.493 e. The number of imide groups is 2. The Balaban J connectivity index is 0.844. The fraction of sp³-hybridized carbons (Fsp3) is 0.567. The van der Waals surface area contributed by atoms with E-state index in [9.17, 15) is 76.7 Å². The number of carbonyl (C=O) groups excluding carboxylic acids is 18. The number of nitrogens with zero attached hydrogens (tertiary/aromatic N) is 8. The zero-order valence-corrected chi connectivity index (χ0v) is 81.3. The van der Waals surface area contributed by atoms with Crippen molar-refractivity contribution in [3.63, 3.8) is 0 Å². The first kappa shape index (κ1) is 106. The van der Waals surface area contributed by atoms with Gasteiger partial charge < -0.3 is 79.0 Å². The van der Waals surface area contributed by atoms with Gasteiger partial charge in [-0.1, -0.05) is 57.4 Å². The largest absolute Gasteiger partial charge is 0.493 e. The lowest BCUT2D eigenvalue weighted by Crippen LogP contribution is -2.58. The Labute approximate surface area is 814 Å². The summed E-state index contributed by atoms with van der Waals surface area (Å²) in [5.74, 6) is -13.7. The molecule has 15 amide bonds. The van der Waals surface area contributed by atoms with E-state index in [0.29, 0.717) is 121 Å². The summed E-state index contributed by atoms with van der Waals surface area (Å²) in [5, 5.41) is 12.9. The Bertz CT molecular complexity index is 5130. The lowest BCUT2D eigenvalue weighted by molar-refractivity contribution is -0.170. The van der Waals surface area contributed by atoms with Crippen molar-refractivity contribution in [2.45, 2.75) is 216 Å². The number of hydrazine groups is 1. The molecule has 9 unspecified atom stereocenters. The molecule has 11 aliphatic rings. The van der Waals surface area contributed by atoms with E-state index in [1.165, 1.54) is 69.2 Å². The highest BCUT2D eigenvalue weighted by atomic mass is 32.2. The lowest BCUT2D eigenvalue weighted by atomic mass is 10.0. The van der Waals surface area contributed by atoms with Gasteiger partial charge in [0.2, 0.25) is 53.2 Å². The number of methoxy groups -OCH3 is 4. The summed E-state index contributed by atoms with van der Waals surface area (Å²) in [7, 11) is 5.97. The highest BCUT2D eigenvalue weighted by molar-refractivity contribution is 8.17. The van der Waals surface area contributed by atoms with E-state index in [4.69, 9.17) is 42.6 Å². The van der Waals surface area contributed by atoms with E-state index in [-0.39, 0.29) is 196 Å². The van der Waals surface area contributed by atoms with Gasteiger partial charge in [-0.05, 0) is 125 Å². The summed E-state index contributed by atoms with van der Waals surface area (Å²) in [5.41, 5.74) is 2.12. The van der Waals surface area contributed by atoms with Gasteiger partial charge in [-0.3, -0.25) is 96.3 Å². The maximum absolute atomic E-state index is 15.2. The molecule has 0 spiro atoms. The Morgan fingerprint density at radius 2 is 0.971 bits per heavy atom. The SMILES string of the molecule is COCCCCCC(=O)CCCCCC1NC(=O)C(C)CC(=O)CN2C(=O)CN3C(=O)CC(SCSC4CC(=O)N(CC(=O)N2CC(=O)CC(C)C(=O)NC(CCCCNC(=O)CCOCCOC)C(=O)Nc2ccc(cc2)COC(=O)N2CC5CCCN5C(=O)c5cc(OC)c(cc52)OCCCOc2cc5c(cc2OC)C(=O)N2CCCC2C(C)N5C(=O)OCc2ccc(cc2)NC1=O)C4=O)C3=O. The number of anilines is 4. The topological polar surface area (TPSA) is 476 Å². The Morgan fingerprint density at radius 3 is 1.51 bits per heavy atom. The van der Waals surface area contributed by atoms with Crippen LogP contribution in [-0.2, 0) is 104 Å². The molecule has 5 fully saturated rings. The maximum Gasteiger partial charge on any atom is 0.414 e. The summed E-state index contributed by atoms with van der Waals surface area (Å²) in [6, 6.07) is 14.7. The van der Waals surface area contributed by atoms with Gasteiger partial charge in [-0.2, -0.15) is 0 Å². The summed E-state index contributed by atoms with van der Waals surface area (Å²) >= 11 is 2.00. The third-order valence-electron chi connectivity index (χ3n) is 25.7. The summed E-state index contributed by atoms with van der Waals surface area (Å²) in [4.78, 5) is 266. The van der Waals surface area contributed by atoms with Crippen LogP contribution in [-0.4, -0.2) is 302 Å². The highest BCUT2D eigenvalue weighted by Gasteiger charge is 2.49. The predicted molar refractivity (Wildman–Crippen MR) is 507 cm³/mol. The summed E-state index contributed by atoms with van der Waals surface area (Å²) < 4.78 is 52.1. The Kier molecular flexibility index (Phi) is 38.8. The molecule has 42 heteroatoms. The molecule has 4 aromatic rings. The van der Waals surface area contributed by atoms with Crippen LogP contribution in [0.4, 0.5) is 32.3 Å². The van der Waals surface area contributed by atoms with E-state index in [0.717, 1.165) is 36.4 Å². The van der Waals surface area contributed by atoms with Crippen molar-refractivity contribution in [1.29, 1.82) is 0 Å². The minimum absolute atomic E-state index is 0.00516. The highest BCUT2D eigenvalue weighted by Crippen LogP contribution is 2.44. The Morgan fingerprint density at radius 1 is 0.475 bits per heavy atom. The van der Waals surface area contributed by atoms with Crippen LogP contribution in [0.25, 0.3) is 0 Å². The van der Waals surface area contributed by atoms with Crippen LogP contribution in [0.2, 0.25) is 0 Å². The second kappa shape index (κ2) is 51.1. The second-order valence-electron chi connectivity index (χ2n) is 35.7. The average molecular weight is 1970 g/mol. The van der Waals surface area contributed by atoms with Crippen molar-refractivity contribution in [2.24, 2.45) is 11.8 Å². The molecule has 12 bridgehead atoms. The molecule has 5 saturated heterocycles. The van der Waals surface area contributed by atoms with E-state index >= 15 is 9.59 Å². The van der Waals surface area contributed by atoms with Crippen molar-refractivity contribution in [1.82, 2.24) is 45.6 Å². The van der Waals surface area contributed by atoms with Gasteiger partial charge in [-0.15, -0.1) is 23.5 Å². The van der Waals surface area contributed by atoms with Crippen molar-refractivity contribution >= 4 is 153 Å². The van der Waals surface area contributed by atoms with Gasteiger partial charge in [0.05, 0.1) is 98.4 Å². The first-order valence-corrected chi connectivity index (χ1v) is 49.6. The standard InChI is InChI=1S/C97H125N13O27S2/c1-59-43-68(112)52-108-86(117)54-106-84(115)49-81(94(106)125)138-58-139-82-50-85(116)107(95(82)126)55-87(118)109(108)53-69(113)44-60(2)89(120)102-73(23-13-14-34-98-83(114)33-40-133-42-41-130-5)91(122)100-64-29-25-62(26-30-64)56-136-96(127)105-51-66-19-16-35-103(66)92(123)70-45-77(131-6)79(47-75(70)105)134-38-18-39-135-80-48-76-71(46-78(80)132-7)93(124)104-36-17-24-74(104)61(3)110(76)97(128)137-57-63-27-31-65(32-28-63)99-90(121)72(101-88(59)119)22-12-8-10-20-67(111)21-11-9-15-37-129-4/h25-32,45-48,59-61,66,72-74,81-82H,8-24,33-44,49-58H2,1-7H3,(H,98,114)(H,99,121)(H,100,122)(H,101,119)(H,102,120). The monoisotopic (exact) mass is 1970 g/mol. The quantitative estimate of drug-likeness (QED) is 0.0311. The molecule has 11 aliphatic heterocycles. The smallest absolute Gasteiger partial charge is 0.414 e. The summed E-state index contributed by atoms with van der Waals surface area (Å²) in [6.45, 7) is 1.91. The first-order chi connectivity index (χ1) is 66.9. The van der Waals surface area contributed by atoms with Crippen molar-refractivity contribution in [2.75, 3.05) is 146 Å². The molecule has 752 valence electrons. The lowest BCUT2D eigenvalue weighted by Gasteiger charge is -2.36. The Hall–Kier alpha value is -12.3. The van der Waals surface area contributed by atoms with Crippen LogP contribution in [0.1, 0.15) is 194 Å². The van der Waals surface area contributed by atoms with E-state index in [2.05, 4.69) is 26.6 Å². The molecule has 5 N–H and O–H groups in total. The first-order valence-electron chi connectivity index (χ1n) is 47.5. The molecule has 11 heterocycles. The van der Waals surface area contributed by atoms with Crippen LogP contribution >= 0.6 is 23.5 Å². The fourth-order valence-electron chi connectivity index (χ4n) is 17.9. The van der Waals surface area contributed by atoms with Gasteiger partial charge in [0.15, 0.2) is 34.6 Å². The number of carbonyl (C=O) groups is 18. The van der Waals surface area contributed by atoms with E-state index in [1.54, 1.807) is 65.4 Å². The zero-order valence-electron chi connectivity index (χ0n) is 79.6. The summed E-state index contributed by atoms with van der Waals surface area (Å²) in [6.07, 6.45) is 3.74. The van der Waals surface area contributed by atoms with E-state index in [1.807, 2.05) is 6.92 Å². The molecule has 0 radical (unpaired) electrons. The van der Waals surface area contributed by atoms with Gasteiger partial charge >= 0.3 is 12.2 Å². The van der Waals surface area contributed by atoms with Gasteiger partial charge in [0.25, 0.3) is 23.6 Å². The number of hydrogen-bond donors (Lipinski definition) is 5. The third kappa shape index (κ3) is 28.1. The number of benzene rings is 4. The van der Waals surface area contributed by atoms with Gasteiger partial charge in [0, 0.05) is 139 Å². The molecule has 0 aromatic heterocycles. The zero-order chi connectivity index (χ0) is 99.5. The van der Waals surface area contributed by atoms with Gasteiger partial charge in [0.1, 0.15) is 57.3 Å².